The molecule has 214 valence electrons. The molecule has 1 saturated heterocycles. The first-order chi connectivity index (χ1) is 19.9. The van der Waals surface area contributed by atoms with Crippen LogP contribution in [0.4, 0.5) is 14.9 Å². The minimum Gasteiger partial charge on any atom is -0.453 e. The minimum atomic E-state index is -0.602. The number of anilines is 1. The number of hydrogen-bond acceptors (Lipinski definition) is 7. The number of Topliss-reactive ketones (excluding diaryl/α,β-unsaturated/α-hetero) is 1. The highest BCUT2D eigenvalue weighted by atomic mass is 32.1. The molecule has 0 aliphatic carbocycles. The third-order valence-electron chi connectivity index (χ3n) is 7.03. The van der Waals surface area contributed by atoms with Gasteiger partial charge in [0.1, 0.15) is 11.5 Å². The Balaban J connectivity index is 1.24. The number of aryl methyl sites for hydroxylation is 1. The van der Waals surface area contributed by atoms with Crippen molar-refractivity contribution in [2.24, 2.45) is 5.92 Å². The van der Waals surface area contributed by atoms with Gasteiger partial charge in [-0.25, -0.2) is 9.18 Å². The number of amides is 2. The van der Waals surface area contributed by atoms with Crippen LogP contribution in [0, 0.1) is 11.7 Å². The third-order valence-corrected chi connectivity index (χ3v) is 8.19. The van der Waals surface area contributed by atoms with Crippen LogP contribution in [-0.4, -0.2) is 41.0 Å². The highest BCUT2D eigenvalue weighted by Gasteiger charge is 2.21. The average molecular weight is 577 g/mol. The van der Waals surface area contributed by atoms with Crippen molar-refractivity contribution in [3.8, 4) is 22.1 Å². The van der Waals surface area contributed by atoms with Crippen molar-refractivity contribution in [2.75, 3.05) is 18.5 Å². The average Bonchev–Trinajstić information content (AvgIpc) is 3.39. The molecule has 10 heteroatoms. The zero-order valence-electron chi connectivity index (χ0n) is 23.1. The number of thiophene rings is 1. The van der Waals surface area contributed by atoms with E-state index in [4.69, 9.17) is 9.47 Å². The Labute approximate surface area is 242 Å². The predicted molar refractivity (Wildman–Crippen MR) is 158 cm³/mol. The minimum absolute atomic E-state index is 0.0266. The van der Waals surface area contributed by atoms with Crippen molar-refractivity contribution in [1.82, 2.24) is 15.3 Å². The van der Waals surface area contributed by atoms with Crippen LogP contribution in [0.5, 0.6) is 11.5 Å². The summed E-state index contributed by atoms with van der Waals surface area (Å²) in [7, 11) is 0. The Kier molecular flexibility index (Phi) is 9.21. The van der Waals surface area contributed by atoms with Crippen LogP contribution in [0.2, 0.25) is 0 Å². The van der Waals surface area contributed by atoms with Gasteiger partial charge in [0.2, 0.25) is 0 Å². The van der Waals surface area contributed by atoms with Crippen molar-refractivity contribution in [3.05, 3.63) is 66.2 Å². The van der Waals surface area contributed by atoms with Gasteiger partial charge in [-0.1, -0.05) is 26.3 Å². The lowest BCUT2D eigenvalue weighted by Gasteiger charge is -2.26. The molecule has 1 atom stereocenters. The summed E-state index contributed by atoms with van der Waals surface area (Å²) in [6.07, 6.45) is 7.74. The van der Waals surface area contributed by atoms with E-state index in [1.54, 1.807) is 18.3 Å². The molecule has 0 bridgehead atoms. The molecule has 1 aliphatic rings. The van der Waals surface area contributed by atoms with Crippen LogP contribution in [0.1, 0.15) is 45.1 Å². The van der Waals surface area contributed by atoms with E-state index in [9.17, 15) is 14.0 Å². The number of fused-ring (bicyclic) bond motifs is 1. The van der Waals surface area contributed by atoms with Gasteiger partial charge in [0.05, 0.1) is 40.0 Å². The zero-order valence-corrected chi connectivity index (χ0v) is 23.9. The number of carbonyl (C=O) groups is 2. The van der Waals surface area contributed by atoms with Crippen molar-refractivity contribution >= 4 is 39.1 Å². The summed E-state index contributed by atoms with van der Waals surface area (Å²) < 4.78 is 26.6. The van der Waals surface area contributed by atoms with E-state index in [1.165, 1.54) is 23.5 Å². The number of rotatable bonds is 12. The number of unbranched alkanes of at least 4 members (excludes halogenated alkanes) is 1. The van der Waals surface area contributed by atoms with E-state index in [0.29, 0.717) is 36.9 Å². The number of ether oxygens (including phenoxy) is 2. The smallest absolute Gasteiger partial charge is 0.319 e. The van der Waals surface area contributed by atoms with Gasteiger partial charge >= 0.3 is 6.03 Å². The summed E-state index contributed by atoms with van der Waals surface area (Å²) in [6.45, 7) is 5.05. The molecular formula is C31H33FN4O4S. The maximum Gasteiger partial charge on any atom is 0.319 e. The standard InChI is InChI=1S/C31H33FN4O4S/c1-3-4-5-26(37)19(2)6-7-20-8-10-24(34-16-20)29-15-25-30(41-29)28(12-13-33-25)40-27-11-9-21(14-23(27)32)35-31(38)36-22-17-39-18-22/h8-16,19,22H,3-7,17-18H2,1-2H3,(H2,35,36,38). The van der Waals surface area contributed by atoms with Gasteiger partial charge in [-0.15, -0.1) is 11.3 Å². The SMILES string of the molecule is CCCCC(=O)C(C)CCc1ccc(-c2cc3nccc(Oc4ccc(NC(=O)NC5COC5)cc4F)c3s2)nc1. The quantitative estimate of drug-likeness (QED) is 0.186. The Morgan fingerprint density at radius 1 is 1.15 bits per heavy atom. The molecule has 1 unspecified atom stereocenters. The molecule has 1 fully saturated rings. The lowest BCUT2D eigenvalue weighted by atomic mass is 9.95. The number of pyridine rings is 2. The topological polar surface area (TPSA) is 102 Å². The molecule has 1 aliphatic heterocycles. The summed E-state index contributed by atoms with van der Waals surface area (Å²) >= 11 is 1.47. The van der Waals surface area contributed by atoms with Gasteiger partial charge in [-0.3, -0.25) is 14.8 Å². The fourth-order valence-corrected chi connectivity index (χ4v) is 5.47. The molecule has 0 spiro atoms. The van der Waals surface area contributed by atoms with Crippen molar-refractivity contribution in [1.29, 1.82) is 0 Å². The second-order valence-electron chi connectivity index (χ2n) is 10.3. The summed E-state index contributed by atoms with van der Waals surface area (Å²) in [5, 5.41) is 5.37. The van der Waals surface area contributed by atoms with E-state index in [1.807, 2.05) is 31.3 Å². The number of aromatic nitrogens is 2. The maximum absolute atomic E-state index is 14.9. The van der Waals surface area contributed by atoms with Crippen LogP contribution >= 0.6 is 11.3 Å². The Hall–Kier alpha value is -3.89. The molecule has 3 aromatic heterocycles. The van der Waals surface area contributed by atoms with Crippen LogP contribution < -0.4 is 15.4 Å². The van der Waals surface area contributed by atoms with Crippen molar-refractivity contribution in [3.63, 3.8) is 0 Å². The largest absolute Gasteiger partial charge is 0.453 e. The van der Waals surface area contributed by atoms with Gasteiger partial charge in [0.25, 0.3) is 0 Å². The summed E-state index contributed by atoms with van der Waals surface area (Å²) in [4.78, 5) is 34.3. The maximum atomic E-state index is 14.9. The van der Waals surface area contributed by atoms with E-state index < -0.39 is 11.8 Å². The van der Waals surface area contributed by atoms with E-state index in [2.05, 4.69) is 27.5 Å². The van der Waals surface area contributed by atoms with Gasteiger partial charge in [-0.2, -0.15) is 0 Å². The first-order valence-electron chi connectivity index (χ1n) is 13.9. The molecule has 2 N–H and O–H groups in total. The number of benzene rings is 1. The molecular weight excluding hydrogens is 543 g/mol. The number of urea groups is 1. The van der Waals surface area contributed by atoms with Gasteiger partial charge in [0, 0.05) is 42.6 Å². The van der Waals surface area contributed by atoms with Crippen LogP contribution in [0.3, 0.4) is 0 Å². The van der Waals surface area contributed by atoms with Crippen molar-refractivity contribution < 1.29 is 23.5 Å². The molecule has 2 amide bonds. The van der Waals surface area contributed by atoms with E-state index >= 15 is 0 Å². The molecule has 0 saturated carbocycles. The van der Waals surface area contributed by atoms with Crippen LogP contribution in [0.25, 0.3) is 20.8 Å². The van der Waals surface area contributed by atoms with E-state index in [0.717, 1.165) is 52.0 Å². The Bertz CT molecular complexity index is 1520. The predicted octanol–water partition coefficient (Wildman–Crippen LogP) is 7.14. The van der Waals surface area contributed by atoms with Gasteiger partial charge in [0.15, 0.2) is 11.6 Å². The molecule has 0 radical (unpaired) electrons. The van der Waals surface area contributed by atoms with Crippen molar-refractivity contribution in [2.45, 2.75) is 52.0 Å². The number of carbonyl (C=O) groups excluding carboxylic acids is 2. The normalized spacial score (nSPS) is 13.9. The van der Waals surface area contributed by atoms with E-state index in [-0.39, 0.29) is 17.7 Å². The fraction of sp³-hybridized carbons (Fsp3) is 0.355. The number of ketones is 1. The lowest BCUT2D eigenvalue weighted by Crippen LogP contribution is -2.49. The molecule has 8 nitrogen and oxygen atoms in total. The number of nitrogens with zero attached hydrogens (tertiary/aromatic N) is 2. The monoisotopic (exact) mass is 576 g/mol. The Morgan fingerprint density at radius 3 is 2.71 bits per heavy atom. The first kappa shape index (κ1) is 28.6. The fourth-order valence-electron chi connectivity index (χ4n) is 4.43. The van der Waals surface area contributed by atoms with Gasteiger partial charge in [-0.05, 0) is 49.1 Å². The molecule has 41 heavy (non-hydrogen) atoms. The lowest BCUT2D eigenvalue weighted by molar-refractivity contribution is -0.122. The van der Waals surface area contributed by atoms with Crippen LogP contribution in [0.15, 0.2) is 54.9 Å². The molecule has 1 aromatic carbocycles. The molecule has 4 heterocycles. The molecule has 4 aromatic rings. The number of hydrogen-bond donors (Lipinski definition) is 2. The summed E-state index contributed by atoms with van der Waals surface area (Å²) in [5.74, 6) is 0.303. The third kappa shape index (κ3) is 7.25. The molecule has 5 rings (SSSR count). The first-order valence-corrected chi connectivity index (χ1v) is 14.7. The second-order valence-corrected chi connectivity index (χ2v) is 11.3. The van der Waals surface area contributed by atoms with Gasteiger partial charge < -0.3 is 20.1 Å². The highest BCUT2D eigenvalue weighted by Crippen LogP contribution is 2.39. The summed E-state index contributed by atoms with van der Waals surface area (Å²) in [6, 6.07) is 11.5. The van der Waals surface area contributed by atoms with Crippen LogP contribution in [-0.2, 0) is 16.0 Å². The summed E-state index contributed by atoms with van der Waals surface area (Å²) in [5.41, 5.74) is 2.94. The second kappa shape index (κ2) is 13.2. The zero-order chi connectivity index (χ0) is 28.8. The highest BCUT2D eigenvalue weighted by molar-refractivity contribution is 7.22. The number of nitrogens with one attached hydrogen (secondary N) is 2. The Morgan fingerprint density at radius 2 is 2.00 bits per heavy atom. The number of halogens is 1.